The number of benzene rings is 2. The summed E-state index contributed by atoms with van der Waals surface area (Å²) < 4.78 is 10.6. The second kappa shape index (κ2) is 14.1. The predicted octanol–water partition coefficient (Wildman–Crippen LogP) is 4.57. The second-order valence-corrected chi connectivity index (χ2v) is 11.7. The fourth-order valence-electron chi connectivity index (χ4n) is 4.26. The molecule has 2 unspecified atom stereocenters. The van der Waals surface area contributed by atoms with E-state index in [0.717, 1.165) is 0 Å². The van der Waals surface area contributed by atoms with Crippen LogP contribution < -0.4 is 21.1 Å². The Morgan fingerprint density at radius 1 is 1.02 bits per heavy atom. The third kappa shape index (κ3) is 9.39. The van der Waals surface area contributed by atoms with Crippen LogP contribution in [0.3, 0.4) is 0 Å². The molecule has 5 N–H and O–H groups in total. The van der Waals surface area contributed by atoms with E-state index >= 15 is 0 Å². The third-order valence-corrected chi connectivity index (χ3v) is 6.82. The number of carbonyl (C=O) groups is 4. The first-order valence-electron chi connectivity index (χ1n) is 13.8. The smallest absolute Gasteiger partial charge is 0.408 e. The minimum Gasteiger partial charge on any atom is -0.508 e. The van der Waals surface area contributed by atoms with E-state index in [9.17, 15) is 24.3 Å². The average molecular weight is 585 g/mol. The van der Waals surface area contributed by atoms with Gasteiger partial charge >= 0.3 is 6.09 Å². The van der Waals surface area contributed by atoms with Gasteiger partial charge in [-0.25, -0.2) is 4.79 Å². The molecular formula is C31H44N4O7. The Morgan fingerprint density at radius 3 is 2.14 bits per heavy atom. The topological polar surface area (TPSA) is 160 Å². The molecule has 2 aromatic carbocycles. The van der Waals surface area contributed by atoms with Crippen molar-refractivity contribution in [2.24, 2.45) is 5.73 Å². The number of hydrogen-bond acceptors (Lipinski definition) is 7. The lowest BCUT2D eigenvalue weighted by molar-refractivity contribution is -0.148. The molecule has 0 heterocycles. The monoisotopic (exact) mass is 584 g/mol. The van der Waals surface area contributed by atoms with E-state index in [4.69, 9.17) is 15.2 Å². The van der Waals surface area contributed by atoms with Crippen LogP contribution in [0.2, 0.25) is 0 Å². The molecule has 0 aromatic heterocycles. The summed E-state index contributed by atoms with van der Waals surface area (Å²) in [7, 11) is 1.53. The highest BCUT2D eigenvalue weighted by Gasteiger charge is 2.43. The first kappa shape index (κ1) is 33.9. The van der Waals surface area contributed by atoms with Crippen molar-refractivity contribution in [2.45, 2.75) is 91.0 Å². The number of aryl methyl sites for hydroxylation is 1. The lowest BCUT2D eigenvalue weighted by atomic mass is 9.91. The number of nitrogens with one attached hydrogen (secondary N) is 2. The number of nitrogens with zero attached hydrogens (tertiary/aromatic N) is 1. The fourth-order valence-corrected chi connectivity index (χ4v) is 4.26. The molecule has 0 spiro atoms. The number of amides is 4. The zero-order valence-corrected chi connectivity index (χ0v) is 25.7. The van der Waals surface area contributed by atoms with Crippen molar-refractivity contribution in [3.63, 3.8) is 0 Å². The van der Waals surface area contributed by atoms with Crippen molar-refractivity contribution in [3.05, 3.63) is 53.6 Å². The van der Waals surface area contributed by atoms with Crippen molar-refractivity contribution in [3.8, 4) is 11.5 Å². The molecule has 0 aliphatic carbocycles. The lowest BCUT2D eigenvalue weighted by Gasteiger charge is -2.44. The first-order valence-corrected chi connectivity index (χ1v) is 13.8. The summed E-state index contributed by atoms with van der Waals surface area (Å²) in [5.74, 6) is -1.14. The number of alkyl carbamates (subject to hydrolysis) is 1. The minimum absolute atomic E-state index is 0.0339. The van der Waals surface area contributed by atoms with E-state index in [1.165, 1.54) is 18.1 Å². The molecule has 2 atom stereocenters. The molecule has 0 aliphatic heterocycles. The van der Waals surface area contributed by atoms with Crippen molar-refractivity contribution < 1.29 is 33.8 Å². The summed E-state index contributed by atoms with van der Waals surface area (Å²) in [5.41, 5.74) is 5.07. The SMILES string of the molecule is CCC(C)(C)N(C(=O)C(CCC(N)=O)NC(=O)OC(C)(C)C)C(C(=O)Nc1ccc(OC)cc1)c1ccc(O)c(C)c1. The maximum atomic E-state index is 14.4. The summed E-state index contributed by atoms with van der Waals surface area (Å²) in [4.78, 5) is 54.4. The van der Waals surface area contributed by atoms with Crippen LogP contribution in [-0.2, 0) is 19.1 Å². The summed E-state index contributed by atoms with van der Waals surface area (Å²) in [6.45, 7) is 12.2. The van der Waals surface area contributed by atoms with Gasteiger partial charge in [0.25, 0.3) is 5.91 Å². The highest BCUT2D eigenvalue weighted by molar-refractivity contribution is 5.99. The van der Waals surface area contributed by atoms with E-state index in [1.807, 2.05) is 20.8 Å². The van der Waals surface area contributed by atoms with Gasteiger partial charge < -0.3 is 35.8 Å². The van der Waals surface area contributed by atoms with E-state index < -0.39 is 47.0 Å². The lowest BCUT2D eigenvalue weighted by Crippen LogP contribution is -2.59. The molecule has 2 rings (SSSR count). The van der Waals surface area contributed by atoms with E-state index in [-0.39, 0.29) is 18.6 Å². The Labute approximate surface area is 247 Å². The molecule has 0 fully saturated rings. The standard InChI is InChI=1S/C31H44N4O7/c1-9-31(6,7)35(28(39)23(15-17-25(32)37)34-29(40)42-30(3,4)5)26(20-10-16-24(36)19(2)18-20)27(38)33-21-11-13-22(41-8)14-12-21/h10-14,16,18,23,26,36H,9,15,17H2,1-8H3,(H2,32,37)(H,33,38)(H,34,40). The van der Waals surface area contributed by atoms with Crippen LogP contribution in [-0.4, -0.2) is 58.1 Å². The molecule has 0 aliphatic rings. The number of hydrogen-bond donors (Lipinski definition) is 4. The second-order valence-electron chi connectivity index (χ2n) is 11.7. The van der Waals surface area contributed by atoms with Gasteiger partial charge in [-0.15, -0.1) is 0 Å². The summed E-state index contributed by atoms with van der Waals surface area (Å²) in [5, 5.41) is 15.7. The van der Waals surface area contributed by atoms with Crippen molar-refractivity contribution >= 4 is 29.5 Å². The molecule has 0 saturated heterocycles. The molecule has 2 aromatic rings. The highest BCUT2D eigenvalue weighted by Crippen LogP contribution is 2.35. The molecule has 0 bridgehead atoms. The number of carbonyl (C=O) groups excluding carboxylic acids is 4. The van der Waals surface area contributed by atoms with E-state index in [0.29, 0.717) is 29.0 Å². The molecule has 11 heteroatoms. The number of phenolic OH excluding ortho intramolecular Hbond substituents is 1. The summed E-state index contributed by atoms with van der Waals surface area (Å²) >= 11 is 0. The van der Waals surface area contributed by atoms with Crippen LogP contribution in [0.4, 0.5) is 10.5 Å². The van der Waals surface area contributed by atoms with Crippen molar-refractivity contribution in [1.29, 1.82) is 0 Å². The Kier molecular flexibility index (Phi) is 11.4. The maximum Gasteiger partial charge on any atom is 0.408 e. The Morgan fingerprint density at radius 2 is 1.64 bits per heavy atom. The van der Waals surface area contributed by atoms with Gasteiger partial charge in [0, 0.05) is 17.6 Å². The molecular weight excluding hydrogens is 540 g/mol. The van der Waals surface area contributed by atoms with Gasteiger partial charge in [-0.3, -0.25) is 14.4 Å². The zero-order chi connectivity index (χ0) is 31.8. The third-order valence-electron chi connectivity index (χ3n) is 6.82. The number of anilines is 1. The largest absolute Gasteiger partial charge is 0.508 e. The molecule has 11 nitrogen and oxygen atoms in total. The van der Waals surface area contributed by atoms with Crippen LogP contribution in [0, 0.1) is 6.92 Å². The van der Waals surface area contributed by atoms with Gasteiger partial charge in [-0.05, 0) is 102 Å². The average Bonchev–Trinajstić information content (AvgIpc) is 2.90. The number of primary amides is 1. The first-order chi connectivity index (χ1) is 19.5. The number of rotatable bonds is 12. The number of ether oxygens (including phenoxy) is 2. The zero-order valence-electron chi connectivity index (χ0n) is 25.7. The van der Waals surface area contributed by atoms with Crippen LogP contribution in [0.5, 0.6) is 11.5 Å². The molecule has 230 valence electrons. The Hall–Kier alpha value is -4.28. The van der Waals surface area contributed by atoms with Gasteiger partial charge in [0.05, 0.1) is 7.11 Å². The van der Waals surface area contributed by atoms with Gasteiger partial charge in [-0.1, -0.05) is 13.0 Å². The van der Waals surface area contributed by atoms with E-state index in [2.05, 4.69) is 10.6 Å². The highest BCUT2D eigenvalue weighted by atomic mass is 16.6. The fraction of sp³-hybridized carbons (Fsp3) is 0.484. The van der Waals surface area contributed by atoms with Crippen molar-refractivity contribution in [2.75, 3.05) is 12.4 Å². The number of methoxy groups -OCH3 is 1. The Bertz CT molecular complexity index is 1270. The molecule has 42 heavy (non-hydrogen) atoms. The van der Waals surface area contributed by atoms with Crippen LogP contribution in [0.15, 0.2) is 42.5 Å². The maximum absolute atomic E-state index is 14.4. The molecule has 0 saturated carbocycles. The Balaban J connectivity index is 2.66. The normalized spacial score (nSPS) is 13.0. The quantitative estimate of drug-likeness (QED) is 0.284. The van der Waals surface area contributed by atoms with Gasteiger partial charge in [0.15, 0.2) is 0 Å². The van der Waals surface area contributed by atoms with Gasteiger partial charge in [0.1, 0.15) is 29.2 Å². The van der Waals surface area contributed by atoms with Crippen LogP contribution >= 0.6 is 0 Å². The molecule has 0 radical (unpaired) electrons. The summed E-state index contributed by atoms with van der Waals surface area (Å²) in [6, 6.07) is 8.99. The van der Waals surface area contributed by atoms with Crippen molar-refractivity contribution in [1.82, 2.24) is 10.2 Å². The molecule has 4 amide bonds. The van der Waals surface area contributed by atoms with Crippen LogP contribution in [0.25, 0.3) is 0 Å². The van der Waals surface area contributed by atoms with Gasteiger partial charge in [-0.2, -0.15) is 0 Å². The number of nitrogens with two attached hydrogens (primary N) is 1. The van der Waals surface area contributed by atoms with Gasteiger partial charge in [0.2, 0.25) is 11.8 Å². The van der Waals surface area contributed by atoms with E-state index in [1.54, 1.807) is 64.1 Å². The minimum atomic E-state index is -1.23. The van der Waals surface area contributed by atoms with Crippen LogP contribution in [0.1, 0.15) is 78.0 Å². The predicted molar refractivity (Wildman–Crippen MR) is 160 cm³/mol. The number of phenols is 1. The summed E-state index contributed by atoms with van der Waals surface area (Å²) in [6.07, 6.45) is -0.699. The number of aromatic hydroxyl groups is 1.